The molecule has 2 aromatic carbocycles. The first-order chi connectivity index (χ1) is 9.97. The number of phenolic OH excluding ortho intramolecular Hbond substituents is 1. The van der Waals surface area contributed by atoms with Crippen molar-refractivity contribution in [3.63, 3.8) is 0 Å². The highest BCUT2D eigenvalue weighted by Crippen LogP contribution is 2.30. The summed E-state index contributed by atoms with van der Waals surface area (Å²) in [6.45, 7) is 0.410. The second kappa shape index (κ2) is 6.41. The lowest BCUT2D eigenvalue weighted by Crippen LogP contribution is -2.07. The number of hydrogen-bond acceptors (Lipinski definition) is 4. The van der Waals surface area contributed by atoms with Gasteiger partial charge < -0.3 is 10.4 Å². The molecule has 0 bridgehead atoms. The van der Waals surface area contributed by atoms with Gasteiger partial charge >= 0.3 is 0 Å². The minimum Gasteiger partial charge on any atom is -0.508 e. The minimum atomic E-state index is -0.826. The van der Waals surface area contributed by atoms with Gasteiger partial charge in [0.05, 0.1) is 16.0 Å². The van der Waals surface area contributed by atoms with E-state index in [9.17, 15) is 19.6 Å². The van der Waals surface area contributed by atoms with Crippen molar-refractivity contribution in [2.75, 3.05) is 11.9 Å². The molecular formula is C14H12ClFN2O3. The number of nitro groups is 1. The van der Waals surface area contributed by atoms with Crippen LogP contribution < -0.4 is 5.32 Å². The third-order valence-corrected chi connectivity index (χ3v) is 3.19. The average Bonchev–Trinajstić information content (AvgIpc) is 2.44. The molecule has 5 nitrogen and oxygen atoms in total. The predicted octanol–water partition coefficient (Wildman–Crippen LogP) is 3.75. The molecule has 21 heavy (non-hydrogen) atoms. The molecule has 7 heteroatoms. The summed E-state index contributed by atoms with van der Waals surface area (Å²) in [6.07, 6.45) is 0.590. The topological polar surface area (TPSA) is 75.4 Å². The van der Waals surface area contributed by atoms with Crippen LogP contribution in [0.1, 0.15) is 5.56 Å². The first-order valence-corrected chi connectivity index (χ1v) is 6.50. The predicted molar refractivity (Wildman–Crippen MR) is 78.4 cm³/mol. The van der Waals surface area contributed by atoms with Crippen LogP contribution in [-0.4, -0.2) is 16.6 Å². The summed E-state index contributed by atoms with van der Waals surface area (Å²) in [7, 11) is 0. The van der Waals surface area contributed by atoms with Crippen LogP contribution in [0.5, 0.6) is 5.75 Å². The molecular weight excluding hydrogens is 299 g/mol. The number of nitrogens with one attached hydrogen (secondary N) is 1. The zero-order valence-corrected chi connectivity index (χ0v) is 11.6. The fourth-order valence-corrected chi connectivity index (χ4v) is 2.00. The van der Waals surface area contributed by atoms with Crippen LogP contribution in [-0.2, 0) is 6.42 Å². The summed E-state index contributed by atoms with van der Waals surface area (Å²) in [5, 5.41) is 22.8. The number of hydrogen-bond donors (Lipinski definition) is 2. The monoisotopic (exact) mass is 310 g/mol. The minimum absolute atomic E-state index is 0.171. The molecule has 0 spiro atoms. The number of anilines is 1. The first kappa shape index (κ1) is 15.1. The summed E-state index contributed by atoms with van der Waals surface area (Å²) < 4.78 is 13.3. The molecule has 2 rings (SSSR count). The Morgan fingerprint density at radius 3 is 2.57 bits per heavy atom. The Hall–Kier alpha value is -2.34. The van der Waals surface area contributed by atoms with E-state index in [2.05, 4.69) is 5.32 Å². The van der Waals surface area contributed by atoms with Gasteiger partial charge in [-0.05, 0) is 30.2 Å². The Morgan fingerprint density at radius 1 is 1.29 bits per heavy atom. The summed E-state index contributed by atoms with van der Waals surface area (Å²) in [5.41, 5.74) is 0.768. The molecule has 0 aromatic heterocycles. The van der Waals surface area contributed by atoms with E-state index in [0.29, 0.717) is 13.0 Å². The fraction of sp³-hybridized carbons (Fsp3) is 0.143. The number of benzene rings is 2. The van der Waals surface area contributed by atoms with Gasteiger partial charge in [-0.1, -0.05) is 23.7 Å². The van der Waals surface area contributed by atoms with Gasteiger partial charge in [0.1, 0.15) is 17.3 Å². The lowest BCUT2D eigenvalue weighted by Gasteiger charge is -2.08. The van der Waals surface area contributed by atoms with Gasteiger partial charge in [-0.15, -0.1) is 0 Å². The van der Waals surface area contributed by atoms with Crippen molar-refractivity contribution in [3.8, 4) is 5.75 Å². The largest absolute Gasteiger partial charge is 0.508 e. The van der Waals surface area contributed by atoms with E-state index in [1.807, 2.05) is 0 Å². The van der Waals surface area contributed by atoms with Crippen molar-refractivity contribution in [1.82, 2.24) is 0 Å². The van der Waals surface area contributed by atoms with E-state index in [1.165, 1.54) is 6.07 Å². The van der Waals surface area contributed by atoms with Crippen LogP contribution in [0.4, 0.5) is 15.8 Å². The molecule has 0 saturated heterocycles. The number of halogens is 2. The lowest BCUT2D eigenvalue weighted by molar-refractivity contribution is -0.384. The summed E-state index contributed by atoms with van der Waals surface area (Å²) in [6, 6.07) is 8.63. The molecule has 0 aliphatic rings. The van der Waals surface area contributed by atoms with E-state index >= 15 is 0 Å². The van der Waals surface area contributed by atoms with Gasteiger partial charge in [0.2, 0.25) is 0 Å². The van der Waals surface area contributed by atoms with Crippen LogP contribution in [0.15, 0.2) is 36.4 Å². The molecule has 2 aromatic rings. The molecule has 0 heterocycles. The molecule has 2 N–H and O–H groups in total. The summed E-state index contributed by atoms with van der Waals surface area (Å²) >= 11 is 5.64. The van der Waals surface area contributed by atoms with Crippen LogP contribution in [0.25, 0.3) is 0 Å². The highest BCUT2D eigenvalue weighted by atomic mass is 35.5. The molecule has 0 aliphatic heterocycles. The Balaban J connectivity index is 2.07. The number of rotatable bonds is 5. The maximum atomic E-state index is 13.3. The quantitative estimate of drug-likeness (QED) is 0.651. The highest BCUT2D eigenvalue weighted by Gasteiger charge is 2.17. The maximum Gasteiger partial charge on any atom is 0.295 e. The maximum absolute atomic E-state index is 13.3. The Morgan fingerprint density at radius 2 is 1.95 bits per heavy atom. The van der Waals surface area contributed by atoms with Gasteiger partial charge in [-0.2, -0.15) is 0 Å². The summed E-state index contributed by atoms with van der Waals surface area (Å²) in [4.78, 5) is 10.2. The SMILES string of the molecule is O=[N+]([O-])c1cc(F)c(Cl)cc1NCCc1ccc(O)cc1. The highest BCUT2D eigenvalue weighted by molar-refractivity contribution is 6.31. The number of aromatic hydroxyl groups is 1. The molecule has 0 amide bonds. The number of phenols is 1. The second-order valence-corrected chi connectivity index (χ2v) is 4.79. The smallest absolute Gasteiger partial charge is 0.295 e. The zero-order chi connectivity index (χ0) is 15.4. The van der Waals surface area contributed by atoms with Crippen LogP contribution in [0, 0.1) is 15.9 Å². The van der Waals surface area contributed by atoms with Gasteiger partial charge in [0.25, 0.3) is 5.69 Å². The van der Waals surface area contributed by atoms with Gasteiger partial charge in [0.15, 0.2) is 0 Å². The van der Waals surface area contributed by atoms with Crippen molar-refractivity contribution < 1.29 is 14.4 Å². The van der Waals surface area contributed by atoms with Crippen molar-refractivity contribution in [2.24, 2.45) is 0 Å². The molecule has 0 unspecified atom stereocenters. The van der Waals surface area contributed by atoms with Crippen LogP contribution >= 0.6 is 11.6 Å². The third kappa shape index (κ3) is 3.82. The van der Waals surface area contributed by atoms with E-state index in [1.54, 1.807) is 24.3 Å². The van der Waals surface area contributed by atoms with Crippen molar-refractivity contribution in [3.05, 3.63) is 62.9 Å². The van der Waals surface area contributed by atoms with E-state index in [0.717, 1.165) is 11.6 Å². The van der Waals surface area contributed by atoms with Gasteiger partial charge in [-0.3, -0.25) is 10.1 Å². The molecule has 0 fully saturated rings. The third-order valence-electron chi connectivity index (χ3n) is 2.90. The number of nitrogens with zero attached hydrogens (tertiary/aromatic N) is 1. The zero-order valence-electron chi connectivity index (χ0n) is 10.8. The normalized spacial score (nSPS) is 10.4. The standard InChI is InChI=1S/C14H12ClFN2O3/c15-11-7-13(14(18(20)21)8-12(11)16)17-6-5-9-1-3-10(19)4-2-9/h1-4,7-8,17,19H,5-6H2. The van der Waals surface area contributed by atoms with Crippen molar-refractivity contribution in [1.29, 1.82) is 0 Å². The van der Waals surface area contributed by atoms with E-state index in [-0.39, 0.29) is 22.1 Å². The number of nitro benzene ring substituents is 1. The molecule has 0 saturated carbocycles. The average molecular weight is 311 g/mol. The van der Waals surface area contributed by atoms with Crippen LogP contribution in [0.2, 0.25) is 5.02 Å². The summed E-state index contributed by atoms with van der Waals surface area (Å²) in [5.74, 6) is -0.653. The van der Waals surface area contributed by atoms with E-state index < -0.39 is 10.7 Å². The molecule has 0 aliphatic carbocycles. The van der Waals surface area contributed by atoms with Crippen molar-refractivity contribution in [2.45, 2.75) is 6.42 Å². The first-order valence-electron chi connectivity index (χ1n) is 6.12. The van der Waals surface area contributed by atoms with Gasteiger partial charge in [-0.25, -0.2) is 4.39 Å². The van der Waals surface area contributed by atoms with Crippen molar-refractivity contribution >= 4 is 23.0 Å². The Labute approximate surface area is 125 Å². The Kier molecular flexibility index (Phi) is 4.59. The second-order valence-electron chi connectivity index (χ2n) is 4.38. The Bertz CT molecular complexity index is 662. The molecule has 0 radical (unpaired) electrons. The van der Waals surface area contributed by atoms with Crippen LogP contribution in [0.3, 0.4) is 0 Å². The molecule has 0 atom stereocenters. The lowest BCUT2D eigenvalue weighted by atomic mass is 10.1. The van der Waals surface area contributed by atoms with E-state index in [4.69, 9.17) is 11.6 Å². The van der Waals surface area contributed by atoms with Gasteiger partial charge in [0, 0.05) is 6.54 Å². The molecule has 110 valence electrons. The fourth-order valence-electron chi connectivity index (χ4n) is 1.83.